The molecule has 0 saturated heterocycles. The highest BCUT2D eigenvalue weighted by Crippen LogP contribution is 2.28. The lowest BCUT2D eigenvalue weighted by atomic mass is 9.95. The first-order valence-corrected chi connectivity index (χ1v) is 9.05. The summed E-state index contributed by atoms with van der Waals surface area (Å²) in [6, 6.07) is 9.65. The highest BCUT2D eigenvalue weighted by atomic mass is 19.1. The van der Waals surface area contributed by atoms with Gasteiger partial charge in [-0.3, -0.25) is 0 Å². The van der Waals surface area contributed by atoms with Crippen molar-refractivity contribution in [1.29, 1.82) is 0 Å². The number of hydrogen-bond acceptors (Lipinski definition) is 5. The number of rotatable bonds is 6. The fraction of sp³-hybridized carbons (Fsp3) is 0.190. The lowest BCUT2D eigenvalue weighted by Gasteiger charge is -2.29. The number of hydrogen-bond donors (Lipinski definition) is 2. The fourth-order valence-electron chi connectivity index (χ4n) is 2.95. The molecule has 2 amide bonds. The Bertz CT molecular complexity index is 1010. The van der Waals surface area contributed by atoms with Gasteiger partial charge in [0, 0.05) is 6.07 Å². The van der Waals surface area contributed by atoms with Gasteiger partial charge in [-0.15, -0.1) is 0 Å². The normalized spacial score (nSPS) is 15.8. The van der Waals surface area contributed by atoms with Crippen molar-refractivity contribution in [3.8, 4) is 0 Å². The second-order valence-corrected chi connectivity index (χ2v) is 6.26. The van der Waals surface area contributed by atoms with Crippen LogP contribution in [0.3, 0.4) is 0 Å². The highest BCUT2D eigenvalue weighted by Gasteiger charge is 2.34. The first-order chi connectivity index (χ1) is 14.4. The van der Waals surface area contributed by atoms with Gasteiger partial charge in [-0.2, -0.15) is 0 Å². The molecule has 0 unspecified atom stereocenters. The van der Waals surface area contributed by atoms with Gasteiger partial charge in [0.25, 0.3) is 0 Å². The molecule has 0 spiro atoms. The number of urea groups is 1. The summed E-state index contributed by atoms with van der Waals surface area (Å²) in [5, 5.41) is 5.07. The minimum absolute atomic E-state index is 0.00178. The van der Waals surface area contributed by atoms with Crippen LogP contribution in [0.5, 0.6) is 0 Å². The zero-order chi connectivity index (χ0) is 21.7. The molecule has 9 heteroatoms. The standard InChI is InChI=1S/C21H18F2N2O5/c1-2-29-20(27)17-16(11-30-19(26)14-9-8-13(22)10-15(14)23)24-21(28)25-18(17)12-6-4-3-5-7-12/h3-10,18H,2,11H2,1H3,(H2,24,25,28)/t18-/m0/s1. The SMILES string of the molecule is CCOC(=O)C1=C(COC(=O)c2ccc(F)cc2F)NC(=O)N[C@H]1c1ccccc1. The third-order valence-corrected chi connectivity index (χ3v) is 4.28. The van der Waals surface area contributed by atoms with E-state index in [4.69, 9.17) is 9.47 Å². The molecule has 7 nitrogen and oxygen atoms in total. The van der Waals surface area contributed by atoms with E-state index >= 15 is 0 Å². The largest absolute Gasteiger partial charge is 0.463 e. The van der Waals surface area contributed by atoms with E-state index in [0.29, 0.717) is 11.6 Å². The molecule has 1 aliphatic rings. The topological polar surface area (TPSA) is 93.7 Å². The van der Waals surface area contributed by atoms with E-state index in [9.17, 15) is 23.2 Å². The van der Waals surface area contributed by atoms with Crippen LogP contribution in [0, 0.1) is 11.6 Å². The number of esters is 2. The average Bonchev–Trinajstić information content (AvgIpc) is 2.72. The van der Waals surface area contributed by atoms with Gasteiger partial charge >= 0.3 is 18.0 Å². The maximum atomic E-state index is 13.8. The van der Waals surface area contributed by atoms with Gasteiger partial charge in [0.15, 0.2) is 0 Å². The zero-order valence-electron chi connectivity index (χ0n) is 15.9. The molecule has 156 valence electrons. The first kappa shape index (κ1) is 21.0. The van der Waals surface area contributed by atoms with Gasteiger partial charge in [0.05, 0.1) is 29.5 Å². The summed E-state index contributed by atoms with van der Waals surface area (Å²) < 4.78 is 37.0. The van der Waals surface area contributed by atoms with E-state index < -0.39 is 47.8 Å². The van der Waals surface area contributed by atoms with E-state index in [2.05, 4.69) is 10.6 Å². The molecule has 2 aromatic carbocycles. The van der Waals surface area contributed by atoms with Crippen LogP contribution in [0.4, 0.5) is 13.6 Å². The van der Waals surface area contributed by atoms with Crippen LogP contribution in [-0.2, 0) is 14.3 Å². The van der Waals surface area contributed by atoms with Crippen molar-refractivity contribution in [3.05, 3.63) is 82.6 Å². The predicted octanol–water partition coefficient (Wildman–Crippen LogP) is 2.99. The molecule has 0 saturated carbocycles. The van der Waals surface area contributed by atoms with Gasteiger partial charge in [-0.05, 0) is 24.6 Å². The minimum atomic E-state index is -1.09. The lowest BCUT2D eigenvalue weighted by molar-refractivity contribution is -0.139. The molecular formula is C21H18F2N2O5. The Balaban J connectivity index is 1.91. The van der Waals surface area contributed by atoms with Crippen molar-refractivity contribution in [2.75, 3.05) is 13.2 Å². The smallest absolute Gasteiger partial charge is 0.341 e. The van der Waals surface area contributed by atoms with Gasteiger partial charge in [-0.1, -0.05) is 30.3 Å². The molecule has 2 aromatic rings. The van der Waals surface area contributed by atoms with Crippen LogP contribution < -0.4 is 10.6 Å². The molecule has 1 atom stereocenters. The molecule has 0 fully saturated rings. The van der Waals surface area contributed by atoms with E-state index in [-0.39, 0.29) is 17.9 Å². The van der Waals surface area contributed by atoms with Crippen LogP contribution in [0.1, 0.15) is 28.9 Å². The maximum absolute atomic E-state index is 13.8. The maximum Gasteiger partial charge on any atom is 0.341 e. The van der Waals surface area contributed by atoms with Crippen LogP contribution in [0.15, 0.2) is 59.8 Å². The highest BCUT2D eigenvalue weighted by molar-refractivity contribution is 5.95. The number of amides is 2. The van der Waals surface area contributed by atoms with Crippen molar-refractivity contribution in [2.24, 2.45) is 0 Å². The van der Waals surface area contributed by atoms with Crippen LogP contribution >= 0.6 is 0 Å². The number of nitrogens with one attached hydrogen (secondary N) is 2. The van der Waals surface area contributed by atoms with Crippen molar-refractivity contribution in [3.63, 3.8) is 0 Å². The average molecular weight is 416 g/mol. The van der Waals surface area contributed by atoms with Crippen molar-refractivity contribution in [1.82, 2.24) is 10.6 Å². The van der Waals surface area contributed by atoms with Crippen LogP contribution in [0.25, 0.3) is 0 Å². The predicted molar refractivity (Wildman–Crippen MR) is 101 cm³/mol. The van der Waals surface area contributed by atoms with Crippen LogP contribution in [-0.4, -0.2) is 31.2 Å². The molecule has 0 bridgehead atoms. The van der Waals surface area contributed by atoms with E-state index in [1.54, 1.807) is 37.3 Å². The summed E-state index contributed by atoms with van der Waals surface area (Å²) in [5.74, 6) is -3.71. The molecule has 1 aliphatic heterocycles. The third-order valence-electron chi connectivity index (χ3n) is 4.28. The number of halogens is 2. The Labute approximate surface area is 170 Å². The Kier molecular flexibility index (Phi) is 6.41. The molecular weight excluding hydrogens is 398 g/mol. The Morgan fingerprint density at radius 1 is 1.03 bits per heavy atom. The zero-order valence-corrected chi connectivity index (χ0v) is 15.9. The monoisotopic (exact) mass is 416 g/mol. The van der Waals surface area contributed by atoms with E-state index in [1.165, 1.54) is 0 Å². The van der Waals surface area contributed by atoms with Crippen LogP contribution in [0.2, 0.25) is 0 Å². The Morgan fingerprint density at radius 2 is 1.77 bits per heavy atom. The second kappa shape index (κ2) is 9.17. The Hall–Kier alpha value is -3.75. The number of ether oxygens (including phenoxy) is 2. The molecule has 1 heterocycles. The molecule has 3 rings (SSSR count). The molecule has 0 radical (unpaired) electrons. The number of carbonyl (C=O) groups excluding carboxylic acids is 3. The lowest BCUT2D eigenvalue weighted by Crippen LogP contribution is -2.47. The van der Waals surface area contributed by atoms with Gasteiger partial charge < -0.3 is 20.1 Å². The summed E-state index contributed by atoms with van der Waals surface area (Å²) in [7, 11) is 0. The molecule has 0 aliphatic carbocycles. The van der Waals surface area contributed by atoms with E-state index in [0.717, 1.165) is 12.1 Å². The van der Waals surface area contributed by atoms with Gasteiger partial charge in [0.1, 0.15) is 18.2 Å². The molecule has 2 N–H and O–H groups in total. The number of carbonyl (C=O) groups is 3. The quantitative estimate of drug-likeness (QED) is 0.707. The third kappa shape index (κ3) is 4.62. The van der Waals surface area contributed by atoms with Gasteiger partial charge in [0.2, 0.25) is 0 Å². The second-order valence-electron chi connectivity index (χ2n) is 6.26. The van der Waals surface area contributed by atoms with E-state index in [1.807, 2.05) is 0 Å². The summed E-state index contributed by atoms with van der Waals surface area (Å²) >= 11 is 0. The Morgan fingerprint density at radius 3 is 2.43 bits per heavy atom. The summed E-state index contributed by atoms with van der Waals surface area (Å²) in [4.78, 5) is 36.9. The summed E-state index contributed by atoms with van der Waals surface area (Å²) in [6.45, 7) is 1.19. The number of benzene rings is 2. The molecule has 30 heavy (non-hydrogen) atoms. The summed E-state index contributed by atoms with van der Waals surface area (Å²) in [6.07, 6.45) is 0. The van der Waals surface area contributed by atoms with Crippen molar-refractivity contribution < 1.29 is 32.6 Å². The van der Waals surface area contributed by atoms with Gasteiger partial charge in [-0.25, -0.2) is 23.2 Å². The molecule has 0 aromatic heterocycles. The summed E-state index contributed by atoms with van der Waals surface area (Å²) in [5.41, 5.74) is 0.190. The fourth-order valence-corrected chi connectivity index (χ4v) is 2.95. The van der Waals surface area contributed by atoms with Crippen molar-refractivity contribution >= 4 is 18.0 Å². The van der Waals surface area contributed by atoms with Crippen molar-refractivity contribution in [2.45, 2.75) is 13.0 Å². The minimum Gasteiger partial charge on any atom is -0.463 e. The first-order valence-electron chi connectivity index (χ1n) is 9.05.